The van der Waals surface area contributed by atoms with Crippen LogP contribution in [0.1, 0.15) is 168 Å². The van der Waals surface area contributed by atoms with Crippen LogP contribution in [0.25, 0.3) is 0 Å². The Morgan fingerprint density at radius 1 is 0.619 bits per heavy atom. The van der Waals surface area contributed by atoms with Crippen LogP contribution in [0.2, 0.25) is 5.02 Å². The average molecular weight is 1500 g/mol. The molecule has 5 fully saturated rings. The molecule has 31 heteroatoms. The number of likely N-dealkylation sites (tertiary alicyclic amines) is 1. The van der Waals surface area contributed by atoms with Gasteiger partial charge in [0, 0.05) is 74.4 Å². The van der Waals surface area contributed by atoms with Gasteiger partial charge < -0.3 is 60.0 Å². The second kappa shape index (κ2) is 35.6. The Labute approximate surface area is 616 Å². The van der Waals surface area contributed by atoms with E-state index < -0.39 is 191 Å². The van der Waals surface area contributed by atoms with E-state index in [1.54, 1.807) is 32.6 Å². The number of fused-ring (bicyclic) bond motifs is 2. The Balaban J connectivity index is 1.32. The third-order valence-electron chi connectivity index (χ3n) is 22.1. The zero-order chi connectivity index (χ0) is 78.1. The molecular weight excluding hydrogens is 1400 g/mol. The Kier molecular flexibility index (Phi) is 28.5. The molecule has 1 aliphatic carbocycles. The highest BCUT2D eigenvalue weighted by molar-refractivity contribution is 6.31. The van der Waals surface area contributed by atoms with Gasteiger partial charge in [0.2, 0.25) is 70.9 Å². The second-order valence-electron chi connectivity index (χ2n) is 29.6. The number of halogens is 7. The maximum absolute atomic E-state index is 15.6. The first kappa shape index (κ1) is 84.2. The lowest BCUT2D eigenvalue weighted by molar-refractivity contribution is -0.160. The molecule has 1 saturated carbocycles. The van der Waals surface area contributed by atoms with Gasteiger partial charge in [-0.3, -0.25) is 57.5 Å². The van der Waals surface area contributed by atoms with Crippen LogP contribution in [0, 0.1) is 17.8 Å². The first-order valence-electron chi connectivity index (χ1n) is 36.7. The molecule has 3 N–H and O–H groups in total. The Bertz CT molecular complexity index is 3520. The molecule has 24 nitrogen and oxygen atoms in total. The molecule has 2 aromatic rings. The van der Waals surface area contributed by atoms with Gasteiger partial charge in [0.15, 0.2) is 0 Å². The molecule has 4 heterocycles. The molecule has 4 aliphatic heterocycles. The molecule has 0 radical (unpaired) electrons. The maximum atomic E-state index is 15.6. The monoisotopic (exact) mass is 1500 g/mol. The molecule has 0 bridgehead atoms. The summed E-state index contributed by atoms with van der Waals surface area (Å²) < 4.78 is 83.3. The molecule has 7 rings (SSSR count). The Morgan fingerprint density at radius 3 is 1.78 bits per heavy atom. The van der Waals surface area contributed by atoms with E-state index >= 15 is 28.8 Å². The third-order valence-corrected chi connectivity index (χ3v) is 22.4. The number of rotatable bonds is 13. The van der Waals surface area contributed by atoms with Crippen molar-refractivity contribution in [3.8, 4) is 0 Å². The van der Waals surface area contributed by atoms with E-state index in [1.807, 2.05) is 20.8 Å². The summed E-state index contributed by atoms with van der Waals surface area (Å²) in [5.74, 6) is -10.3. The standard InChI is InChI=1S/C74H105ClF6N12O12/c1-14-44(6)60-69(103)86(10)46(8)64(98)93-37-31-54(93)67(101)87(11)56(40-48-23-27-49(28-24-48)73(76,77)78)66(100)85(9)42-58(94)82-52(30-26-47-25-29-50(51(75)39-47)74(79,80)81)65(99)92-36-21-22-53(92)63(97)84-72(32-17-18-33-72)71(105)89(13)61(45(7)15-2)70(104)88(12)57(68(102)90-34-19-20-35-90)41-59(95)91(16-3)55(38-43(4)5)62(96)83-60/h23-25,27-29,39,43-46,52-57,60-61H,14-22,26,30-38,40-42H2,1-13H3,(H,82,94)(H,83,96)(H,84,97)/t44-,45-,46-,52-,53-,54-,55-,56-,57-,60?,61-/m0/s1. The number of carbonyl (C=O) groups is 12. The molecule has 1 unspecified atom stereocenters. The van der Waals surface area contributed by atoms with Gasteiger partial charge in [0.1, 0.15) is 59.9 Å². The van der Waals surface area contributed by atoms with Gasteiger partial charge in [-0.05, 0) is 131 Å². The number of likely N-dealkylation sites (N-methyl/N-ethyl adjacent to an activating group) is 6. The molecule has 4 saturated heterocycles. The van der Waals surface area contributed by atoms with Gasteiger partial charge in [-0.15, -0.1) is 0 Å². The van der Waals surface area contributed by atoms with Crippen molar-refractivity contribution in [1.29, 1.82) is 0 Å². The minimum atomic E-state index is -4.81. The van der Waals surface area contributed by atoms with E-state index in [0.29, 0.717) is 51.6 Å². The van der Waals surface area contributed by atoms with Gasteiger partial charge in [-0.25, -0.2) is 0 Å². The lowest BCUT2D eigenvalue weighted by Gasteiger charge is -2.45. The van der Waals surface area contributed by atoms with Gasteiger partial charge >= 0.3 is 12.4 Å². The van der Waals surface area contributed by atoms with Crippen LogP contribution in [-0.2, 0) is 82.7 Å². The van der Waals surface area contributed by atoms with Crippen LogP contribution in [-0.4, -0.2) is 249 Å². The second-order valence-corrected chi connectivity index (χ2v) is 30.0. The topological polar surface area (TPSA) is 270 Å². The Morgan fingerprint density at radius 2 is 1.23 bits per heavy atom. The van der Waals surface area contributed by atoms with Crippen molar-refractivity contribution in [3.63, 3.8) is 0 Å². The van der Waals surface area contributed by atoms with Crippen molar-refractivity contribution in [2.45, 2.75) is 230 Å². The van der Waals surface area contributed by atoms with Gasteiger partial charge in [0.05, 0.1) is 29.1 Å². The van der Waals surface area contributed by atoms with Gasteiger partial charge in [0.25, 0.3) is 0 Å². The van der Waals surface area contributed by atoms with Crippen molar-refractivity contribution >= 4 is 82.5 Å². The predicted octanol–water partition coefficient (Wildman–Crippen LogP) is 6.71. The van der Waals surface area contributed by atoms with Crippen LogP contribution in [0.5, 0.6) is 0 Å². The Hall–Kier alpha value is -8.05. The minimum absolute atomic E-state index is 0.00928. The van der Waals surface area contributed by atoms with E-state index in [-0.39, 0.29) is 88.0 Å². The highest BCUT2D eigenvalue weighted by Crippen LogP contribution is 2.38. The van der Waals surface area contributed by atoms with E-state index in [2.05, 4.69) is 16.0 Å². The summed E-state index contributed by atoms with van der Waals surface area (Å²) in [4.78, 5) is 192. The summed E-state index contributed by atoms with van der Waals surface area (Å²) in [5, 5.41) is 7.93. The van der Waals surface area contributed by atoms with Gasteiger partial charge in [-0.2, -0.15) is 26.3 Å². The van der Waals surface area contributed by atoms with E-state index in [0.717, 1.165) is 57.2 Å². The number of hydrogen-bond donors (Lipinski definition) is 3. The van der Waals surface area contributed by atoms with Crippen molar-refractivity contribution in [1.82, 2.24) is 60.0 Å². The zero-order valence-corrected chi connectivity index (χ0v) is 63.4. The highest BCUT2D eigenvalue weighted by Gasteiger charge is 2.52. The number of benzene rings is 2. The molecule has 1 spiro atoms. The summed E-state index contributed by atoms with van der Waals surface area (Å²) in [5.41, 5.74) is -3.40. The van der Waals surface area contributed by atoms with Crippen molar-refractivity contribution in [3.05, 3.63) is 69.7 Å². The van der Waals surface area contributed by atoms with Crippen molar-refractivity contribution < 1.29 is 83.9 Å². The summed E-state index contributed by atoms with van der Waals surface area (Å²) in [6.45, 7) is 13.6. The quantitative estimate of drug-likeness (QED) is 0.177. The van der Waals surface area contributed by atoms with E-state index in [9.17, 15) is 55.1 Å². The van der Waals surface area contributed by atoms with Crippen molar-refractivity contribution in [2.75, 3.05) is 74.5 Å². The summed E-state index contributed by atoms with van der Waals surface area (Å²) in [7, 11) is 6.64. The average Bonchev–Trinajstić information content (AvgIpc) is 1.71. The van der Waals surface area contributed by atoms with Crippen LogP contribution in [0.4, 0.5) is 26.3 Å². The molecule has 105 heavy (non-hydrogen) atoms. The minimum Gasteiger partial charge on any atom is -0.343 e. The first-order valence-corrected chi connectivity index (χ1v) is 37.1. The molecule has 5 aliphatic rings. The molecule has 11 atom stereocenters. The van der Waals surface area contributed by atoms with E-state index in [1.165, 1.54) is 66.7 Å². The fourth-order valence-corrected chi connectivity index (χ4v) is 15.3. The summed E-state index contributed by atoms with van der Waals surface area (Å²) >= 11 is 6.13. The number of amides is 12. The van der Waals surface area contributed by atoms with Crippen LogP contribution in [0.15, 0.2) is 42.5 Å². The van der Waals surface area contributed by atoms with Crippen LogP contribution < -0.4 is 16.0 Å². The van der Waals surface area contributed by atoms with E-state index in [4.69, 9.17) is 11.6 Å². The number of alkyl halides is 6. The molecule has 2 aromatic carbocycles. The molecule has 12 amide bonds. The van der Waals surface area contributed by atoms with Crippen LogP contribution in [0.3, 0.4) is 0 Å². The number of nitrogens with zero attached hydrogens (tertiary/aromatic N) is 9. The van der Waals surface area contributed by atoms with Gasteiger partial charge in [-0.1, -0.05) is 97.0 Å². The third kappa shape index (κ3) is 19.6. The number of carbonyl (C=O) groups excluding carboxylic acids is 12. The summed E-state index contributed by atoms with van der Waals surface area (Å²) in [6, 6.07) is -5.39. The highest BCUT2D eigenvalue weighted by atomic mass is 35.5. The largest absolute Gasteiger partial charge is 0.417 e. The smallest absolute Gasteiger partial charge is 0.343 e. The van der Waals surface area contributed by atoms with Crippen molar-refractivity contribution in [2.24, 2.45) is 17.8 Å². The zero-order valence-electron chi connectivity index (χ0n) is 62.6. The maximum Gasteiger partial charge on any atom is 0.417 e. The number of nitrogens with one attached hydrogen (secondary N) is 3. The predicted molar refractivity (Wildman–Crippen MR) is 377 cm³/mol. The molecular formula is C74H105ClF6N12O12. The number of hydrogen-bond acceptors (Lipinski definition) is 12. The lowest BCUT2D eigenvalue weighted by Crippen LogP contribution is -2.65. The molecule has 0 aromatic heterocycles. The fraction of sp³-hybridized carbons (Fsp3) is 0.676. The SMILES string of the molecule is CC[C@H](C)C1NC(=O)[C@H](CC(C)C)N(CC)C(=O)C[C@@H](C(=O)N2CCCC2)N(C)C(=O)[C@H]([C@@H](C)CC)N(C)C(=O)C2(CCCC2)NC(=O)[C@@H]2CCCN2C(=O)[C@H](CCc2ccc(C(F)(F)F)c(Cl)c2)NC(=O)CN(C)C(=O)[C@H](Cc2ccc(C(F)(F)F)cc2)N(C)C(=O)[C@@H]2CCN2C(=O)[C@H](C)N(C)C1=O. The fourth-order valence-electron chi connectivity index (χ4n) is 15.0. The lowest BCUT2D eigenvalue weighted by atomic mass is 9.90. The normalized spacial score (nSPS) is 26.3. The number of aryl methyl sites for hydroxylation is 1. The van der Waals surface area contributed by atoms with Crippen LogP contribution >= 0.6 is 11.6 Å². The first-order chi connectivity index (χ1) is 49.2. The summed E-state index contributed by atoms with van der Waals surface area (Å²) in [6.07, 6.45) is -7.45. The molecule has 582 valence electrons.